The lowest BCUT2D eigenvalue weighted by molar-refractivity contribution is 0.402. The van der Waals surface area contributed by atoms with Crippen LogP contribution in [0.25, 0.3) is 11.0 Å². The van der Waals surface area contributed by atoms with Crippen LogP contribution < -0.4 is 0 Å². The van der Waals surface area contributed by atoms with Crippen LogP contribution in [0.3, 0.4) is 0 Å². The molecule has 0 atom stereocenters. The molecule has 0 saturated heterocycles. The van der Waals surface area contributed by atoms with Gasteiger partial charge >= 0.3 is 0 Å². The zero-order chi connectivity index (χ0) is 16.6. The molecule has 0 N–H and O–H groups in total. The van der Waals surface area contributed by atoms with Gasteiger partial charge in [-0.15, -0.1) is 0 Å². The van der Waals surface area contributed by atoms with Crippen LogP contribution in [-0.2, 0) is 16.4 Å². The van der Waals surface area contributed by atoms with Crippen molar-refractivity contribution in [1.82, 2.24) is 9.88 Å². The van der Waals surface area contributed by atoms with Gasteiger partial charge in [-0.3, -0.25) is 4.98 Å². The fourth-order valence-corrected chi connectivity index (χ4v) is 4.16. The largest absolute Gasteiger partial charge is 0.305 e. The van der Waals surface area contributed by atoms with E-state index in [1.807, 2.05) is 37.2 Å². The Morgan fingerprint density at radius 2 is 1.91 bits per heavy atom. The van der Waals surface area contributed by atoms with Gasteiger partial charge < -0.3 is 4.90 Å². The van der Waals surface area contributed by atoms with Gasteiger partial charge in [0.05, 0.1) is 21.1 Å². The summed E-state index contributed by atoms with van der Waals surface area (Å²) in [6.07, 6.45) is 2.95. The summed E-state index contributed by atoms with van der Waals surface area (Å²) in [4.78, 5) is 6.45. The first-order valence-corrected chi connectivity index (χ1v) is 8.51. The highest BCUT2D eigenvalue weighted by Crippen LogP contribution is 2.37. The maximum atomic E-state index is 12.7. The minimum absolute atomic E-state index is 0.101. The standard InChI is InChI=1S/C17H15N3O2S/c1-20(2)11-12-3-5-14(6-4-12)16-8-15-17(23(16,21)22)7-13(9-18)10-19-15/h3-8,10H,11H2,1-2H3. The number of nitriles is 1. The molecule has 1 aliphatic rings. The fourth-order valence-electron chi connectivity index (χ4n) is 2.54. The van der Waals surface area contributed by atoms with E-state index >= 15 is 0 Å². The molecule has 1 aliphatic heterocycles. The first-order chi connectivity index (χ1) is 10.9. The van der Waals surface area contributed by atoms with Crippen molar-refractivity contribution < 1.29 is 8.42 Å². The third kappa shape index (κ3) is 2.77. The molecule has 23 heavy (non-hydrogen) atoms. The maximum Gasteiger partial charge on any atom is 0.209 e. The first-order valence-electron chi connectivity index (χ1n) is 7.03. The third-order valence-electron chi connectivity index (χ3n) is 3.59. The highest BCUT2D eigenvalue weighted by atomic mass is 32.2. The number of fused-ring (bicyclic) bond motifs is 1. The summed E-state index contributed by atoms with van der Waals surface area (Å²) in [6.45, 7) is 0.791. The zero-order valence-electron chi connectivity index (χ0n) is 12.8. The predicted octanol–water partition coefficient (Wildman–Crippen LogP) is 2.30. The number of hydrogen-bond acceptors (Lipinski definition) is 5. The summed E-state index contributed by atoms with van der Waals surface area (Å²) in [6, 6.07) is 10.7. The normalized spacial score (nSPS) is 15.1. The van der Waals surface area contributed by atoms with E-state index in [0.29, 0.717) is 11.3 Å². The van der Waals surface area contributed by atoms with E-state index in [4.69, 9.17) is 5.26 Å². The van der Waals surface area contributed by atoms with Crippen molar-refractivity contribution in [3.8, 4) is 6.07 Å². The average molecular weight is 325 g/mol. The van der Waals surface area contributed by atoms with Crippen LogP contribution in [0.5, 0.6) is 0 Å². The Kier molecular flexibility index (Phi) is 3.76. The minimum Gasteiger partial charge on any atom is -0.305 e. The van der Waals surface area contributed by atoms with Crippen molar-refractivity contribution in [2.45, 2.75) is 11.4 Å². The van der Waals surface area contributed by atoms with Crippen molar-refractivity contribution in [3.05, 3.63) is 58.9 Å². The molecule has 0 unspecified atom stereocenters. The van der Waals surface area contributed by atoms with Gasteiger partial charge in [-0.1, -0.05) is 24.3 Å². The average Bonchev–Trinajstić information content (AvgIpc) is 2.78. The Balaban J connectivity index is 2.01. The van der Waals surface area contributed by atoms with E-state index in [-0.39, 0.29) is 15.4 Å². The number of hydrogen-bond donors (Lipinski definition) is 0. The van der Waals surface area contributed by atoms with Gasteiger partial charge in [-0.25, -0.2) is 8.42 Å². The summed E-state index contributed by atoms with van der Waals surface area (Å²) in [5.41, 5.74) is 2.36. The molecule has 0 fully saturated rings. The Morgan fingerprint density at radius 1 is 1.22 bits per heavy atom. The summed E-state index contributed by atoms with van der Waals surface area (Å²) < 4.78 is 25.4. The number of pyridine rings is 1. The lowest BCUT2D eigenvalue weighted by atomic mass is 10.1. The molecule has 2 aromatic rings. The van der Waals surface area contributed by atoms with Crippen molar-refractivity contribution in [2.75, 3.05) is 14.1 Å². The number of aromatic nitrogens is 1. The molecule has 0 saturated carbocycles. The van der Waals surface area contributed by atoms with Gasteiger partial charge in [0.15, 0.2) is 0 Å². The topological polar surface area (TPSA) is 74.1 Å². The minimum atomic E-state index is -3.63. The van der Waals surface area contributed by atoms with Gasteiger partial charge in [-0.05, 0) is 37.4 Å². The van der Waals surface area contributed by atoms with Crippen molar-refractivity contribution in [1.29, 1.82) is 5.26 Å². The lowest BCUT2D eigenvalue weighted by Gasteiger charge is -2.10. The molecule has 0 aliphatic carbocycles. The van der Waals surface area contributed by atoms with Gasteiger partial charge in [0.25, 0.3) is 0 Å². The lowest BCUT2D eigenvalue weighted by Crippen LogP contribution is -2.10. The molecule has 2 heterocycles. The first kappa shape index (κ1) is 15.4. The van der Waals surface area contributed by atoms with Gasteiger partial charge in [0.2, 0.25) is 9.84 Å². The van der Waals surface area contributed by atoms with Crippen LogP contribution in [0.1, 0.15) is 22.4 Å². The van der Waals surface area contributed by atoms with Crippen molar-refractivity contribution in [2.24, 2.45) is 0 Å². The summed E-state index contributed by atoms with van der Waals surface area (Å²) in [5.74, 6) is 0. The summed E-state index contributed by atoms with van der Waals surface area (Å²) in [5, 5.41) is 8.92. The molecule has 6 heteroatoms. The van der Waals surface area contributed by atoms with Crippen LogP contribution in [0.4, 0.5) is 0 Å². The van der Waals surface area contributed by atoms with E-state index < -0.39 is 9.84 Å². The maximum absolute atomic E-state index is 12.7. The van der Waals surface area contributed by atoms with Crippen LogP contribution in [0, 0.1) is 11.3 Å². The second kappa shape index (κ2) is 5.61. The molecular formula is C17H15N3O2S. The number of sulfone groups is 1. The molecule has 1 aromatic carbocycles. The molecule has 0 amide bonds. The van der Waals surface area contributed by atoms with Crippen molar-refractivity contribution in [3.63, 3.8) is 0 Å². The number of benzene rings is 1. The summed E-state index contributed by atoms with van der Waals surface area (Å²) in [7, 11) is 0.327. The van der Waals surface area contributed by atoms with Crippen LogP contribution in [-0.4, -0.2) is 32.4 Å². The molecule has 0 bridgehead atoms. The van der Waals surface area contributed by atoms with Crippen LogP contribution in [0.15, 0.2) is 41.4 Å². The Labute approximate surface area is 135 Å². The van der Waals surface area contributed by atoms with Gasteiger partial charge in [-0.2, -0.15) is 5.26 Å². The van der Waals surface area contributed by atoms with E-state index in [2.05, 4.69) is 4.98 Å². The fraction of sp³-hybridized carbons (Fsp3) is 0.176. The smallest absolute Gasteiger partial charge is 0.209 e. The SMILES string of the molecule is CN(C)Cc1ccc(C2=Cc3ncc(C#N)cc3S2(=O)=O)cc1. The monoisotopic (exact) mass is 325 g/mol. The van der Waals surface area contributed by atoms with E-state index in [1.54, 1.807) is 18.2 Å². The molecule has 3 rings (SSSR count). The molecule has 0 radical (unpaired) electrons. The predicted molar refractivity (Wildman–Crippen MR) is 87.8 cm³/mol. The van der Waals surface area contributed by atoms with Gasteiger partial charge in [0, 0.05) is 12.7 Å². The highest BCUT2D eigenvalue weighted by Gasteiger charge is 2.31. The van der Waals surface area contributed by atoms with Gasteiger partial charge in [0.1, 0.15) is 6.07 Å². The third-order valence-corrected chi connectivity index (χ3v) is 5.43. The highest BCUT2D eigenvalue weighted by molar-refractivity contribution is 8.01. The quantitative estimate of drug-likeness (QED) is 0.865. The Bertz CT molecular complexity index is 937. The van der Waals surface area contributed by atoms with E-state index in [1.165, 1.54) is 12.3 Å². The van der Waals surface area contributed by atoms with E-state index in [0.717, 1.165) is 12.1 Å². The number of nitrogens with zero attached hydrogens (tertiary/aromatic N) is 3. The zero-order valence-corrected chi connectivity index (χ0v) is 13.6. The Hall–Kier alpha value is -2.49. The molecular weight excluding hydrogens is 310 g/mol. The van der Waals surface area contributed by atoms with Crippen molar-refractivity contribution >= 4 is 20.8 Å². The second-order valence-corrected chi connectivity index (χ2v) is 7.55. The van der Waals surface area contributed by atoms with Crippen LogP contribution in [0.2, 0.25) is 0 Å². The van der Waals surface area contributed by atoms with E-state index in [9.17, 15) is 8.42 Å². The van der Waals surface area contributed by atoms with Crippen LogP contribution >= 0.6 is 0 Å². The Morgan fingerprint density at radius 3 is 2.52 bits per heavy atom. The molecule has 5 nitrogen and oxygen atoms in total. The molecule has 0 spiro atoms. The molecule has 116 valence electrons. The summed E-state index contributed by atoms with van der Waals surface area (Å²) >= 11 is 0. The number of rotatable bonds is 3. The molecule has 1 aromatic heterocycles. The second-order valence-electron chi connectivity index (χ2n) is 5.67.